The normalized spacial score (nSPS) is 12.3. The zero-order chi connectivity index (χ0) is 16.5. The third-order valence-electron chi connectivity index (χ3n) is 3.99. The van der Waals surface area contributed by atoms with Crippen LogP contribution in [0.2, 0.25) is 0 Å². The molecule has 0 fully saturated rings. The van der Waals surface area contributed by atoms with Gasteiger partial charge in [0.05, 0.1) is 6.61 Å². The number of rotatable bonds is 16. The van der Waals surface area contributed by atoms with E-state index in [1.807, 2.05) is 0 Å². The molecular formula is C18H37NO2S. The fourth-order valence-corrected chi connectivity index (χ4v) is 2.76. The highest BCUT2D eigenvalue weighted by atomic mass is 32.1. The van der Waals surface area contributed by atoms with Crippen molar-refractivity contribution in [1.29, 1.82) is 0 Å². The molecule has 22 heavy (non-hydrogen) atoms. The maximum atomic E-state index is 11.5. The molecule has 4 heteroatoms. The number of ether oxygens (including phenoxy) is 1. The summed E-state index contributed by atoms with van der Waals surface area (Å²) in [4.78, 5) is 11.5. The molecule has 0 saturated heterocycles. The van der Waals surface area contributed by atoms with Gasteiger partial charge in [0.25, 0.3) is 0 Å². The summed E-state index contributed by atoms with van der Waals surface area (Å²) in [6, 6.07) is -0.505. The molecule has 2 N–H and O–H groups in total. The lowest BCUT2D eigenvalue weighted by Crippen LogP contribution is -2.32. The average Bonchev–Trinajstić information content (AvgIpc) is 2.51. The maximum Gasteiger partial charge on any atom is 0.322 e. The van der Waals surface area contributed by atoms with Crippen molar-refractivity contribution in [2.45, 2.75) is 96.4 Å². The first-order chi connectivity index (χ1) is 10.7. The molecule has 0 aliphatic carbocycles. The Morgan fingerprint density at radius 3 is 1.82 bits per heavy atom. The van der Waals surface area contributed by atoms with E-state index in [1.54, 1.807) is 0 Å². The molecule has 0 heterocycles. The summed E-state index contributed by atoms with van der Waals surface area (Å²) in [5.74, 6) is 0.339. The first-order valence-electron chi connectivity index (χ1n) is 9.25. The van der Waals surface area contributed by atoms with Gasteiger partial charge in [0, 0.05) is 0 Å². The van der Waals surface area contributed by atoms with Gasteiger partial charge in [-0.3, -0.25) is 4.79 Å². The molecule has 0 bridgehead atoms. The van der Waals surface area contributed by atoms with Crippen molar-refractivity contribution < 1.29 is 9.53 Å². The molecule has 132 valence electrons. The standard InChI is InChI=1S/C18H37NO2S/c1-2-3-4-5-6-7-8-9-10-11-12-13-15-21-18(20)17(19)14-16-22/h17,22H,2-16,19H2,1H3/t17-/m1/s1. The second kappa shape index (κ2) is 17.1. The molecule has 0 spiro atoms. The monoisotopic (exact) mass is 331 g/mol. The summed E-state index contributed by atoms with van der Waals surface area (Å²) < 4.78 is 5.15. The summed E-state index contributed by atoms with van der Waals surface area (Å²) in [5.41, 5.74) is 5.65. The highest BCUT2D eigenvalue weighted by Crippen LogP contribution is 2.11. The van der Waals surface area contributed by atoms with Gasteiger partial charge in [0.1, 0.15) is 6.04 Å². The molecular weight excluding hydrogens is 294 g/mol. The third kappa shape index (κ3) is 14.7. The lowest BCUT2D eigenvalue weighted by molar-refractivity contribution is -0.145. The van der Waals surface area contributed by atoms with Crippen LogP contribution in [-0.2, 0) is 9.53 Å². The highest BCUT2D eigenvalue weighted by Gasteiger charge is 2.13. The third-order valence-corrected chi connectivity index (χ3v) is 4.24. The van der Waals surface area contributed by atoms with Gasteiger partial charge >= 0.3 is 5.97 Å². The topological polar surface area (TPSA) is 52.3 Å². The lowest BCUT2D eigenvalue weighted by Gasteiger charge is -2.10. The van der Waals surface area contributed by atoms with Crippen LogP contribution in [0.5, 0.6) is 0 Å². The lowest BCUT2D eigenvalue weighted by atomic mass is 10.1. The van der Waals surface area contributed by atoms with Crippen LogP contribution in [0.3, 0.4) is 0 Å². The van der Waals surface area contributed by atoms with Gasteiger partial charge in [-0.15, -0.1) is 0 Å². The van der Waals surface area contributed by atoms with E-state index in [2.05, 4.69) is 19.6 Å². The van der Waals surface area contributed by atoms with E-state index in [4.69, 9.17) is 10.5 Å². The van der Waals surface area contributed by atoms with E-state index in [0.29, 0.717) is 18.8 Å². The van der Waals surface area contributed by atoms with E-state index in [-0.39, 0.29) is 5.97 Å². The second-order valence-corrected chi connectivity index (χ2v) is 6.62. The van der Waals surface area contributed by atoms with Gasteiger partial charge in [-0.1, -0.05) is 77.6 Å². The Labute approximate surface area is 143 Å². The number of esters is 1. The molecule has 1 atom stereocenters. The van der Waals surface area contributed by atoms with Crippen LogP contribution in [0.15, 0.2) is 0 Å². The number of carbonyl (C=O) groups is 1. The predicted molar refractivity (Wildman–Crippen MR) is 98.5 cm³/mol. The first kappa shape index (κ1) is 21.8. The largest absolute Gasteiger partial charge is 0.465 e. The molecule has 0 rings (SSSR count). The summed E-state index contributed by atoms with van der Waals surface area (Å²) in [7, 11) is 0. The van der Waals surface area contributed by atoms with Gasteiger partial charge in [0.2, 0.25) is 0 Å². The van der Waals surface area contributed by atoms with E-state index in [9.17, 15) is 4.79 Å². The summed E-state index contributed by atoms with van der Waals surface area (Å²) >= 11 is 4.06. The fraction of sp³-hybridized carbons (Fsp3) is 0.944. The van der Waals surface area contributed by atoms with Crippen LogP contribution in [0, 0.1) is 0 Å². The highest BCUT2D eigenvalue weighted by molar-refractivity contribution is 7.80. The van der Waals surface area contributed by atoms with Gasteiger partial charge in [0.15, 0.2) is 0 Å². The Balaban J connectivity index is 3.16. The average molecular weight is 332 g/mol. The number of hydrogen-bond donors (Lipinski definition) is 2. The van der Waals surface area contributed by atoms with Crippen LogP contribution in [0.1, 0.15) is 90.4 Å². The van der Waals surface area contributed by atoms with Crippen LogP contribution < -0.4 is 5.73 Å². The summed E-state index contributed by atoms with van der Waals surface area (Å²) in [6.45, 7) is 2.77. The Bertz CT molecular complexity index is 249. The molecule has 0 radical (unpaired) electrons. The SMILES string of the molecule is CCCCCCCCCCCCCCOC(=O)[C@H](N)CCS. The Morgan fingerprint density at radius 2 is 1.36 bits per heavy atom. The first-order valence-corrected chi connectivity index (χ1v) is 9.88. The molecule has 0 aromatic carbocycles. The Morgan fingerprint density at radius 1 is 0.909 bits per heavy atom. The zero-order valence-corrected chi connectivity index (χ0v) is 15.4. The number of thiol groups is 1. The Kier molecular flexibility index (Phi) is 17.0. The van der Waals surface area contributed by atoms with Crippen LogP contribution in [-0.4, -0.2) is 24.4 Å². The van der Waals surface area contributed by atoms with Gasteiger partial charge in [-0.05, 0) is 18.6 Å². The van der Waals surface area contributed by atoms with Crippen molar-refractivity contribution in [2.24, 2.45) is 5.73 Å². The minimum absolute atomic E-state index is 0.280. The molecule has 0 aromatic rings. The molecule has 0 aliphatic rings. The van der Waals surface area contributed by atoms with Gasteiger partial charge in [-0.2, -0.15) is 12.6 Å². The van der Waals surface area contributed by atoms with Crippen molar-refractivity contribution in [1.82, 2.24) is 0 Å². The molecule has 0 aromatic heterocycles. The van der Waals surface area contributed by atoms with E-state index in [1.165, 1.54) is 64.2 Å². The molecule has 0 saturated carbocycles. The second-order valence-electron chi connectivity index (χ2n) is 6.18. The van der Waals surface area contributed by atoms with Crippen molar-refractivity contribution in [3.8, 4) is 0 Å². The van der Waals surface area contributed by atoms with Crippen molar-refractivity contribution >= 4 is 18.6 Å². The maximum absolute atomic E-state index is 11.5. The minimum atomic E-state index is -0.505. The number of unbranched alkanes of at least 4 members (excludes halogenated alkanes) is 11. The molecule has 0 unspecified atom stereocenters. The van der Waals surface area contributed by atoms with Gasteiger partial charge < -0.3 is 10.5 Å². The zero-order valence-electron chi connectivity index (χ0n) is 14.5. The van der Waals surface area contributed by atoms with Crippen LogP contribution in [0.4, 0.5) is 0 Å². The fourth-order valence-electron chi connectivity index (χ4n) is 2.48. The summed E-state index contributed by atoms with van der Waals surface area (Å²) in [5, 5.41) is 0. The van der Waals surface area contributed by atoms with E-state index in [0.717, 1.165) is 12.8 Å². The Hall–Kier alpha value is -0.220. The number of nitrogens with two attached hydrogens (primary N) is 1. The van der Waals surface area contributed by atoms with Crippen molar-refractivity contribution in [3.63, 3.8) is 0 Å². The molecule has 0 aliphatic heterocycles. The van der Waals surface area contributed by atoms with Crippen LogP contribution >= 0.6 is 12.6 Å². The van der Waals surface area contributed by atoms with E-state index < -0.39 is 6.04 Å². The summed E-state index contributed by atoms with van der Waals surface area (Å²) in [6.07, 6.45) is 16.3. The van der Waals surface area contributed by atoms with E-state index >= 15 is 0 Å². The number of hydrogen-bond acceptors (Lipinski definition) is 4. The number of carbonyl (C=O) groups excluding carboxylic acids is 1. The molecule has 3 nitrogen and oxygen atoms in total. The molecule has 0 amide bonds. The van der Waals surface area contributed by atoms with Crippen molar-refractivity contribution in [2.75, 3.05) is 12.4 Å². The van der Waals surface area contributed by atoms with Gasteiger partial charge in [-0.25, -0.2) is 0 Å². The van der Waals surface area contributed by atoms with Crippen molar-refractivity contribution in [3.05, 3.63) is 0 Å². The minimum Gasteiger partial charge on any atom is -0.465 e. The van der Waals surface area contributed by atoms with Crippen LogP contribution in [0.25, 0.3) is 0 Å². The predicted octanol–water partition coefficient (Wildman–Crippen LogP) is 4.88. The quantitative estimate of drug-likeness (QED) is 0.241. The smallest absolute Gasteiger partial charge is 0.322 e.